The number of nitrogens with zero attached hydrogens (tertiary/aromatic N) is 3. The summed E-state index contributed by atoms with van der Waals surface area (Å²) in [6.07, 6.45) is 4.29. The van der Waals surface area contributed by atoms with E-state index in [4.69, 9.17) is 5.26 Å². The molecule has 0 spiro atoms. The zero-order valence-electron chi connectivity index (χ0n) is 12.5. The molecule has 22 heavy (non-hydrogen) atoms. The van der Waals surface area contributed by atoms with Gasteiger partial charge in [0.25, 0.3) is 0 Å². The minimum atomic E-state index is -0.0122. The third-order valence-corrected chi connectivity index (χ3v) is 3.39. The van der Waals surface area contributed by atoms with E-state index in [0.717, 1.165) is 12.0 Å². The third kappa shape index (κ3) is 4.32. The fraction of sp³-hybridized carbons (Fsp3) is 0.235. The zero-order chi connectivity index (χ0) is 15.8. The minimum absolute atomic E-state index is 0.0122. The SMILES string of the molecule is CN(CCc1ccncc1)C(=O)CNc1ccccc1C#N. The molecule has 5 nitrogen and oxygen atoms in total. The lowest BCUT2D eigenvalue weighted by atomic mass is 10.2. The molecule has 0 bridgehead atoms. The van der Waals surface area contributed by atoms with Crippen molar-refractivity contribution in [3.8, 4) is 6.07 Å². The van der Waals surface area contributed by atoms with Gasteiger partial charge in [-0.05, 0) is 36.2 Å². The highest BCUT2D eigenvalue weighted by atomic mass is 16.2. The van der Waals surface area contributed by atoms with Crippen LogP contribution in [0.25, 0.3) is 0 Å². The molecule has 0 aliphatic carbocycles. The minimum Gasteiger partial charge on any atom is -0.375 e. The van der Waals surface area contributed by atoms with Gasteiger partial charge in [0.2, 0.25) is 5.91 Å². The molecular weight excluding hydrogens is 276 g/mol. The van der Waals surface area contributed by atoms with Crippen LogP contribution in [0.4, 0.5) is 5.69 Å². The van der Waals surface area contributed by atoms with Crippen LogP contribution in [0.1, 0.15) is 11.1 Å². The number of benzene rings is 1. The van der Waals surface area contributed by atoms with Gasteiger partial charge in [0.15, 0.2) is 0 Å². The highest BCUT2D eigenvalue weighted by molar-refractivity contribution is 5.81. The number of nitriles is 1. The van der Waals surface area contributed by atoms with Crippen LogP contribution >= 0.6 is 0 Å². The number of pyridine rings is 1. The summed E-state index contributed by atoms with van der Waals surface area (Å²) in [4.78, 5) is 17.8. The van der Waals surface area contributed by atoms with Crippen molar-refractivity contribution in [3.63, 3.8) is 0 Å². The molecule has 0 saturated heterocycles. The number of hydrogen-bond donors (Lipinski definition) is 1. The van der Waals surface area contributed by atoms with Gasteiger partial charge in [-0.1, -0.05) is 12.1 Å². The van der Waals surface area contributed by atoms with Crippen LogP contribution in [0.15, 0.2) is 48.8 Å². The average Bonchev–Trinajstić information content (AvgIpc) is 2.58. The molecule has 0 aliphatic rings. The van der Waals surface area contributed by atoms with Crippen LogP contribution in [0.5, 0.6) is 0 Å². The first-order valence-corrected chi connectivity index (χ1v) is 7.06. The van der Waals surface area contributed by atoms with E-state index in [9.17, 15) is 4.79 Å². The van der Waals surface area contributed by atoms with E-state index in [1.807, 2.05) is 18.2 Å². The Morgan fingerprint density at radius 3 is 2.73 bits per heavy atom. The summed E-state index contributed by atoms with van der Waals surface area (Å²) in [5, 5.41) is 12.0. The summed E-state index contributed by atoms with van der Waals surface area (Å²) in [5.41, 5.74) is 2.37. The Hall–Kier alpha value is -2.87. The van der Waals surface area contributed by atoms with Crippen LogP contribution in [-0.4, -0.2) is 35.9 Å². The van der Waals surface area contributed by atoms with Gasteiger partial charge in [-0.15, -0.1) is 0 Å². The van der Waals surface area contributed by atoms with Crippen LogP contribution in [0.3, 0.4) is 0 Å². The summed E-state index contributed by atoms with van der Waals surface area (Å²) in [6.45, 7) is 0.815. The van der Waals surface area contributed by atoms with E-state index < -0.39 is 0 Å². The molecule has 2 rings (SSSR count). The van der Waals surface area contributed by atoms with E-state index >= 15 is 0 Å². The monoisotopic (exact) mass is 294 g/mol. The van der Waals surface area contributed by atoms with Crippen molar-refractivity contribution in [2.45, 2.75) is 6.42 Å². The number of nitrogens with one attached hydrogen (secondary N) is 1. The molecule has 112 valence electrons. The topological polar surface area (TPSA) is 69.0 Å². The van der Waals surface area contributed by atoms with Crippen molar-refractivity contribution in [2.75, 3.05) is 25.5 Å². The van der Waals surface area contributed by atoms with Crippen molar-refractivity contribution in [1.82, 2.24) is 9.88 Å². The maximum atomic E-state index is 12.1. The van der Waals surface area contributed by atoms with Crippen LogP contribution in [0, 0.1) is 11.3 Å². The van der Waals surface area contributed by atoms with Gasteiger partial charge in [-0.25, -0.2) is 0 Å². The Kier molecular flexibility index (Phi) is 5.50. The number of carbonyl (C=O) groups excluding carboxylic acids is 1. The maximum absolute atomic E-state index is 12.1. The first-order chi connectivity index (χ1) is 10.7. The second kappa shape index (κ2) is 7.79. The van der Waals surface area contributed by atoms with Crippen LogP contribution < -0.4 is 5.32 Å². The molecule has 0 unspecified atom stereocenters. The van der Waals surface area contributed by atoms with Crippen molar-refractivity contribution in [1.29, 1.82) is 5.26 Å². The predicted molar refractivity (Wildman–Crippen MR) is 85.2 cm³/mol. The van der Waals surface area contributed by atoms with Crippen molar-refractivity contribution >= 4 is 11.6 Å². The second-order valence-electron chi connectivity index (χ2n) is 4.93. The molecule has 2 aromatic rings. The molecular formula is C17H18N4O. The van der Waals surface area contributed by atoms with E-state index in [-0.39, 0.29) is 12.5 Å². The van der Waals surface area contributed by atoms with E-state index in [0.29, 0.717) is 17.8 Å². The summed E-state index contributed by atoms with van der Waals surface area (Å²) in [6, 6.07) is 13.1. The number of para-hydroxylation sites is 1. The Labute approximate surface area is 130 Å². The molecule has 0 radical (unpaired) electrons. The lowest BCUT2D eigenvalue weighted by Gasteiger charge is -2.18. The Balaban J connectivity index is 1.83. The smallest absolute Gasteiger partial charge is 0.241 e. The number of aromatic nitrogens is 1. The first-order valence-electron chi connectivity index (χ1n) is 7.06. The molecule has 0 fully saturated rings. The number of likely N-dealkylation sites (N-methyl/N-ethyl adjacent to an activating group) is 1. The lowest BCUT2D eigenvalue weighted by molar-refractivity contribution is -0.127. The number of rotatable bonds is 6. The summed E-state index contributed by atoms with van der Waals surface area (Å²) >= 11 is 0. The standard InChI is InChI=1S/C17H18N4O/c1-21(11-8-14-6-9-19-10-7-14)17(22)13-20-16-5-3-2-4-15(16)12-18/h2-7,9-10,20H,8,11,13H2,1H3. The van der Waals surface area contributed by atoms with Crippen molar-refractivity contribution in [2.24, 2.45) is 0 Å². The van der Waals surface area contributed by atoms with Crippen molar-refractivity contribution < 1.29 is 4.79 Å². The molecule has 5 heteroatoms. The second-order valence-corrected chi connectivity index (χ2v) is 4.93. The summed E-state index contributed by atoms with van der Waals surface area (Å²) in [5.74, 6) is -0.0122. The Bertz CT molecular complexity index is 664. The highest BCUT2D eigenvalue weighted by Gasteiger charge is 2.09. The van der Waals surface area contributed by atoms with Gasteiger partial charge >= 0.3 is 0 Å². The molecule has 1 heterocycles. The van der Waals surface area contributed by atoms with Gasteiger partial charge in [-0.2, -0.15) is 5.26 Å². The Morgan fingerprint density at radius 2 is 2.00 bits per heavy atom. The van der Waals surface area contributed by atoms with E-state index in [1.54, 1.807) is 42.5 Å². The first kappa shape index (κ1) is 15.5. The molecule has 0 aliphatic heterocycles. The molecule has 1 aromatic heterocycles. The van der Waals surface area contributed by atoms with Gasteiger partial charge < -0.3 is 10.2 Å². The summed E-state index contributed by atoms with van der Waals surface area (Å²) in [7, 11) is 1.78. The van der Waals surface area contributed by atoms with Gasteiger partial charge in [-0.3, -0.25) is 9.78 Å². The lowest BCUT2D eigenvalue weighted by Crippen LogP contribution is -2.33. The predicted octanol–water partition coefficient (Wildman–Crippen LogP) is 2.07. The number of carbonyl (C=O) groups is 1. The number of amides is 1. The normalized spacial score (nSPS) is 9.82. The molecule has 1 aromatic carbocycles. The number of anilines is 1. The quantitative estimate of drug-likeness (QED) is 0.885. The maximum Gasteiger partial charge on any atom is 0.241 e. The van der Waals surface area contributed by atoms with E-state index in [2.05, 4.69) is 16.4 Å². The fourth-order valence-corrected chi connectivity index (χ4v) is 2.01. The van der Waals surface area contributed by atoms with Gasteiger partial charge in [0.05, 0.1) is 17.8 Å². The summed E-state index contributed by atoms with van der Waals surface area (Å²) < 4.78 is 0. The highest BCUT2D eigenvalue weighted by Crippen LogP contribution is 2.13. The van der Waals surface area contributed by atoms with Crippen LogP contribution in [-0.2, 0) is 11.2 Å². The Morgan fingerprint density at radius 1 is 1.27 bits per heavy atom. The fourth-order valence-electron chi connectivity index (χ4n) is 2.01. The molecule has 0 saturated carbocycles. The largest absolute Gasteiger partial charge is 0.375 e. The molecule has 1 amide bonds. The van der Waals surface area contributed by atoms with E-state index in [1.165, 1.54) is 0 Å². The van der Waals surface area contributed by atoms with Crippen molar-refractivity contribution in [3.05, 3.63) is 59.9 Å². The third-order valence-electron chi connectivity index (χ3n) is 3.39. The van der Waals surface area contributed by atoms with Gasteiger partial charge in [0.1, 0.15) is 6.07 Å². The van der Waals surface area contributed by atoms with Crippen LogP contribution in [0.2, 0.25) is 0 Å². The molecule has 0 atom stereocenters. The average molecular weight is 294 g/mol. The molecule has 1 N–H and O–H groups in total. The van der Waals surface area contributed by atoms with Gasteiger partial charge in [0, 0.05) is 26.0 Å². The number of hydrogen-bond acceptors (Lipinski definition) is 4. The zero-order valence-corrected chi connectivity index (χ0v) is 12.5.